The average molecular weight is 1140 g/mol. The molecule has 6 aromatic rings. The van der Waals surface area contributed by atoms with Crippen molar-refractivity contribution in [3.63, 3.8) is 0 Å². The molecule has 3 aromatic carbocycles. The predicted octanol–water partition coefficient (Wildman–Crippen LogP) is 11.5. The van der Waals surface area contributed by atoms with Crippen LogP contribution in [0.15, 0.2) is 66.7 Å². The van der Waals surface area contributed by atoms with Crippen LogP contribution in [-0.4, -0.2) is 73.8 Å². The van der Waals surface area contributed by atoms with E-state index in [2.05, 4.69) is 25.0 Å². The second-order valence-electron chi connectivity index (χ2n) is 18.2. The smallest absolute Gasteiger partial charge is 0.346 e. The Morgan fingerprint density at radius 2 is 1.60 bits per heavy atom. The fourth-order valence-electron chi connectivity index (χ4n) is 8.15. The van der Waals surface area contributed by atoms with Gasteiger partial charge in [0.15, 0.2) is 11.5 Å². The van der Waals surface area contributed by atoms with Gasteiger partial charge in [0, 0.05) is 68.5 Å². The lowest BCUT2D eigenvalue weighted by Gasteiger charge is -2.23. The zero-order valence-corrected chi connectivity index (χ0v) is 43.9. The third kappa shape index (κ3) is 14.0. The molecule has 75 heavy (non-hydrogen) atoms. The molecule has 406 valence electrons. The fraction of sp³-hybridized carbons (Fsp3) is 0.383. The molecule has 0 bridgehead atoms. The van der Waals surface area contributed by atoms with E-state index in [-0.39, 0.29) is 64.6 Å². The number of phosphoric acid groups is 1. The molecule has 1 aliphatic carbocycles. The van der Waals surface area contributed by atoms with Crippen molar-refractivity contribution in [3.05, 3.63) is 128 Å². The van der Waals surface area contributed by atoms with E-state index in [1.807, 2.05) is 20.8 Å². The zero-order chi connectivity index (χ0) is 55.9. The second-order valence-corrected chi connectivity index (χ2v) is 22.8. The molecule has 3 atom stereocenters. The van der Waals surface area contributed by atoms with Crippen molar-refractivity contribution in [2.24, 2.45) is 0 Å². The van der Waals surface area contributed by atoms with E-state index in [1.165, 1.54) is 61.7 Å². The highest BCUT2D eigenvalue weighted by Crippen LogP contribution is 2.52. The number of benzene rings is 3. The number of nitrogens with zero attached hydrogens (tertiary/aromatic N) is 6. The maximum absolute atomic E-state index is 15.3. The standard InChI is InChI=1S/C42H35ClF10N7O6PS.C5H12OS/c1-20-16-40(46,47)37-32(20)36(42(51,52)53)56-58(37)17-31(61)55-30(14-22-12-24(44)15-25(45)13-22)34-27(9-8-21(2)54-34)28-10-11-29(43)33-35(28)59(19-41(48,49)50)57-38(33)60(68-3)39(62)26-7-5-4-6-23(26)18-66-67(63,64)65;1-5(2,3)7(4)6/h4-13,15,20,30H,14,16-19H2,1-3H3,(H,55,61)(H2,63,64,65);1-4H3/t20-,30?;/m0./s1. The van der Waals surface area contributed by atoms with Crippen molar-refractivity contribution in [1.82, 2.24) is 29.9 Å². The lowest BCUT2D eigenvalue weighted by atomic mass is 9.93. The minimum absolute atomic E-state index is 0.0201. The lowest BCUT2D eigenvalue weighted by Crippen LogP contribution is -2.35. The Morgan fingerprint density at radius 3 is 2.17 bits per heavy atom. The molecule has 3 aromatic heterocycles. The number of hydrogen-bond acceptors (Lipinski definition) is 9. The Balaban J connectivity index is 0.00000122. The molecule has 0 aliphatic heterocycles. The number of carbonyl (C=O) groups excluding carboxylic acids is 2. The van der Waals surface area contributed by atoms with Crippen LogP contribution in [0.25, 0.3) is 22.0 Å². The van der Waals surface area contributed by atoms with E-state index >= 15 is 8.78 Å². The summed E-state index contributed by atoms with van der Waals surface area (Å²) in [6.07, 6.45) is -8.59. The number of aromatic nitrogens is 5. The van der Waals surface area contributed by atoms with Crippen LogP contribution in [0.1, 0.15) is 95.9 Å². The van der Waals surface area contributed by atoms with Crippen molar-refractivity contribution < 1.29 is 76.6 Å². The zero-order valence-electron chi connectivity index (χ0n) is 40.6. The Morgan fingerprint density at radius 1 is 0.987 bits per heavy atom. The largest absolute Gasteiger partial charge is 0.469 e. The molecule has 28 heteroatoms. The van der Waals surface area contributed by atoms with Gasteiger partial charge in [0.25, 0.3) is 11.8 Å². The van der Waals surface area contributed by atoms with Crippen LogP contribution in [0.4, 0.5) is 49.7 Å². The average Bonchev–Trinajstić information content (AvgIpc) is 3.92. The number of fused-ring (bicyclic) bond motifs is 2. The maximum Gasteiger partial charge on any atom is 0.469 e. The summed E-state index contributed by atoms with van der Waals surface area (Å²) < 4.78 is 174. The summed E-state index contributed by atoms with van der Waals surface area (Å²) in [6.45, 7) is 4.77. The molecule has 1 aliphatic rings. The number of anilines is 1. The van der Waals surface area contributed by atoms with Crippen LogP contribution in [0.2, 0.25) is 5.02 Å². The number of rotatable bonds is 14. The monoisotopic (exact) mass is 1140 g/mol. The first kappa shape index (κ1) is 58.9. The van der Waals surface area contributed by atoms with Gasteiger partial charge in [0.2, 0.25) is 5.91 Å². The van der Waals surface area contributed by atoms with Crippen molar-refractivity contribution in [3.8, 4) is 11.1 Å². The maximum atomic E-state index is 15.3. The van der Waals surface area contributed by atoms with Gasteiger partial charge in [-0.05, 0) is 93.4 Å². The number of phosphoric ester groups is 1. The number of amides is 2. The first-order valence-corrected chi connectivity index (χ1v) is 26.8. The normalized spacial score (nSPS) is 15.5. The first-order valence-electron chi connectivity index (χ1n) is 22.1. The first-order chi connectivity index (χ1) is 34.6. The highest BCUT2D eigenvalue weighted by atomic mass is 35.5. The quantitative estimate of drug-likeness (QED) is 0.0536. The van der Waals surface area contributed by atoms with Crippen molar-refractivity contribution >= 4 is 70.7 Å². The van der Waals surface area contributed by atoms with E-state index in [9.17, 15) is 63.3 Å². The molecule has 3 heterocycles. The molecule has 2 amide bonds. The van der Waals surface area contributed by atoms with Gasteiger partial charge in [-0.3, -0.25) is 32.7 Å². The topological polar surface area (TPSA) is 182 Å². The fourth-order valence-corrected chi connectivity index (χ4v) is 9.26. The van der Waals surface area contributed by atoms with Gasteiger partial charge in [-0.1, -0.05) is 48.9 Å². The molecule has 14 nitrogen and oxygen atoms in total. The van der Waals surface area contributed by atoms with Gasteiger partial charge in [0.05, 0.1) is 34.3 Å². The van der Waals surface area contributed by atoms with E-state index in [0.29, 0.717) is 22.7 Å². The highest BCUT2D eigenvalue weighted by Gasteiger charge is 2.53. The van der Waals surface area contributed by atoms with Crippen molar-refractivity contribution in [2.45, 2.75) is 102 Å². The van der Waals surface area contributed by atoms with Crippen LogP contribution in [0.5, 0.6) is 0 Å². The number of halogens is 11. The molecule has 0 spiro atoms. The minimum Gasteiger partial charge on any atom is -0.346 e. The van der Waals surface area contributed by atoms with Gasteiger partial charge >= 0.3 is 20.2 Å². The van der Waals surface area contributed by atoms with Gasteiger partial charge in [0.1, 0.15) is 30.4 Å². The number of hydrogen-bond donors (Lipinski definition) is 3. The molecule has 7 rings (SSSR count). The van der Waals surface area contributed by atoms with Crippen LogP contribution in [-0.2, 0) is 62.9 Å². The Kier molecular flexibility index (Phi) is 17.5. The summed E-state index contributed by atoms with van der Waals surface area (Å²) in [4.78, 5) is 51.4. The minimum atomic E-state index is -5.18. The molecule has 0 radical (unpaired) electrons. The summed E-state index contributed by atoms with van der Waals surface area (Å²) in [7, 11) is -5.72. The van der Waals surface area contributed by atoms with Crippen LogP contribution in [0.3, 0.4) is 0 Å². The highest BCUT2D eigenvalue weighted by molar-refractivity contribution is 8.00. The van der Waals surface area contributed by atoms with Gasteiger partial charge in [-0.2, -0.15) is 45.3 Å². The Labute approximate surface area is 434 Å². The summed E-state index contributed by atoms with van der Waals surface area (Å²) in [5.74, 6) is -9.82. The summed E-state index contributed by atoms with van der Waals surface area (Å²) in [5, 5.41) is 9.63. The van der Waals surface area contributed by atoms with E-state index < -0.39 is 128 Å². The lowest BCUT2D eigenvalue weighted by molar-refractivity contribution is -0.143. The number of aryl methyl sites for hydroxylation is 1. The number of nitrogens with one attached hydrogen (secondary N) is 1. The van der Waals surface area contributed by atoms with E-state index in [4.69, 9.17) is 11.6 Å². The summed E-state index contributed by atoms with van der Waals surface area (Å²) in [5.41, 5.74) is -4.35. The SMILES string of the molecule is CS(=O)C(C)(C)C.CSN(C(=O)c1ccccc1COP(=O)(O)O)c1nn(CC(F)(F)F)c2c(-c3ccc(C)nc3C(Cc3cc(F)cc(F)c3)NC(=O)Cn3nc(C(F)(F)F)c4c3C(F)(F)C[C@@H]4C)ccc(Cl)c12. The third-order valence-corrected chi connectivity index (χ3v) is 14.8. The molecular formula is C47H47ClF10N7O7PS2. The van der Waals surface area contributed by atoms with Crippen LogP contribution >= 0.6 is 31.4 Å². The van der Waals surface area contributed by atoms with Gasteiger partial charge in [-0.25, -0.2) is 17.7 Å². The van der Waals surface area contributed by atoms with Crippen LogP contribution in [0, 0.1) is 18.6 Å². The molecule has 0 saturated carbocycles. The number of carbonyl (C=O) groups is 2. The summed E-state index contributed by atoms with van der Waals surface area (Å²) in [6, 6.07) is 11.6. The van der Waals surface area contributed by atoms with Crippen molar-refractivity contribution in [2.75, 3.05) is 16.8 Å². The molecule has 0 fully saturated rings. The second kappa shape index (κ2) is 22.3. The third-order valence-electron chi connectivity index (χ3n) is 11.5. The Hall–Kier alpha value is -5.37. The molecule has 0 saturated heterocycles. The summed E-state index contributed by atoms with van der Waals surface area (Å²) >= 11 is 7.42. The van der Waals surface area contributed by atoms with Gasteiger partial charge < -0.3 is 15.1 Å². The van der Waals surface area contributed by atoms with Crippen LogP contribution < -0.4 is 9.62 Å². The van der Waals surface area contributed by atoms with Gasteiger partial charge in [-0.15, -0.1) is 0 Å². The molecule has 2 unspecified atom stereocenters. The Bertz CT molecular complexity index is 3200. The predicted molar refractivity (Wildman–Crippen MR) is 261 cm³/mol. The van der Waals surface area contributed by atoms with E-state index in [1.54, 1.807) is 6.26 Å². The molecule has 3 N–H and O–H groups in total. The van der Waals surface area contributed by atoms with Crippen molar-refractivity contribution in [1.29, 1.82) is 0 Å². The molecular weight excluding hydrogens is 1100 g/mol. The number of pyridine rings is 1. The van der Waals surface area contributed by atoms with E-state index in [0.717, 1.165) is 23.4 Å². The number of alkyl halides is 8.